The van der Waals surface area contributed by atoms with E-state index in [9.17, 15) is 5.26 Å². The van der Waals surface area contributed by atoms with Crippen LogP contribution in [0, 0.1) is 37.5 Å². The second-order valence-corrected chi connectivity index (χ2v) is 9.47. The fourth-order valence-corrected chi connectivity index (χ4v) is 4.88. The number of benzene rings is 1. The summed E-state index contributed by atoms with van der Waals surface area (Å²) in [7, 11) is 2.02. The number of aryl methyl sites for hydroxylation is 3. The predicted octanol–water partition coefficient (Wildman–Crippen LogP) is 5.17. The number of thiazole rings is 1. The minimum atomic E-state index is 0.166. The molecule has 0 aliphatic heterocycles. The van der Waals surface area contributed by atoms with E-state index in [1.165, 1.54) is 22.3 Å². The Morgan fingerprint density at radius 2 is 1.88 bits per heavy atom. The van der Waals surface area contributed by atoms with Crippen LogP contribution in [0.15, 0.2) is 18.3 Å². The average Bonchev–Trinajstić information content (AvgIpc) is 2.91. The molecule has 0 saturated heterocycles. The monoisotopic (exact) mass is 364 g/mol. The molecule has 26 heavy (non-hydrogen) atoms. The van der Waals surface area contributed by atoms with Crippen LogP contribution in [0.1, 0.15) is 48.0 Å². The number of nitriles is 1. The highest BCUT2D eigenvalue weighted by Crippen LogP contribution is 2.36. The molecule has 134 valence electrons. The Labute approximate surface area is 160 Å². The highest BCUT2D eigenvalue weighted by molar-refractivity contribution is 7.19. The van der Waals surface area contributed by atoms with Gasteiger partial charge in [-0.05, 0) is 43.4 Å². The molecule has 0 atom stereocenters. The minimum Gasteiger partial charge on any atom is -0.239 e. The fraction of sp³-hybridized carbons (Fsp3) is 0.409. The largest absolute Gasteiger partial charge is 0.239 e. The maximum absolute atomic E-state index is 9.61. The lowest BCUT2D eigenvalue weighted by Crippen LogP contribution is -2.31. The van der Waals surface area contributed by atoms with Crippen molar-refractivity contribution in [2.75, 3.05) is 0 Å². The van der Waals surface area contributed by atoms with Crippen molar-refractivity contribution in [2.45, 2.75) is 48.0 Å². The molecule has 3 rings (SSSR count). The predicted molar refractivity (Wildman–Crippen MR) is 108 cm³/mol. The number of aromatic nitrogens is 2. The summed E-state index contributed by atoms with van der Waals surface area (Å²) in [6.07, 6.45) is 2.82. The smallest absolute Gasteiger partial charge is 0.232 e. The summed E-state index contributed by atoms with van der Waals surface area (Å²) >= 11 is 1.73. The van der Waals surface area contributed by atoms with Gasteiger partial charge in [0.15, 0.2) is 6.20 Å². The van der Waals surface area contributed by atoms with Crippen molar-refractivity contribution < 1.29 is 4.57 Å². The van der Waals surface area contributed by atoms with Crippen molar-refractivity contribution >= 4 is 21.6 Å². The Balaban J connectivity index is 2.36. The number of rotatable bonds is 2. The molecule has 0 fully saturated rings. The van der Waals surface area contributed by atoms with Crippen LogP contribution in [0.25, 0.3) is 21.5 Å². The van der Waals surface area contributed by atoms with Crippen LogP contribution < -0.4 is 4.57 Å². The zero-order valence-electron chi connectivity index (χ0n) is 16.7. The van der Waals surface area contributed by atoms with Gasteiger partial charge in [0.1, 0.15) is 28.9 Å². The van der Waals surface area contributed by atoms with Crippen LogP contribution in [-0.4, -0.2) is 4.98 Å². The van der Waals surface area contributed by atoms with E-state index in [0.717, 1.165) is 27.3 Å². The summed E-state index contributed by atoms with van der Waals surface area (Å²) in [5, 5.41) is 10.7. The number of fused-ring (bicyclic) bond motifs is 1. The van der Waals surface area contributed by atoms with Crippen molar-refractivity contribution in [1.82, 2.24) is 4.98 Å². The standard InChI is InChI=1S/C22H26N3S/c1-13-8-14(2)15(3)17(9-13)20-21-19(16(11-23)12-25(20)7)24-18(26-21)10-22(4,5)6/h8-9,12H,10H2,1-7H3/q+1. The molecule has 1 aromatic carbocycles. The first-order valence-corrected chi connectivity index (χ1v) is 9.73. The minimum absolute atomic E-state index is 0.166. The lowest BCUT2D eigenvalue weighted by molar-refractivity contribution is -0.659. The van der Waals surface area contributed by atoms with Crippen LogP contribution in [0.4, 0.5) is 0 Å². The molecule has 0 saturated carbocycles. The van der Waals surface area contributed by atoms with Gasteiger partial charge in [-0.15, -0.1) is 11.3 Å². The van der Waals surface area contributed by atoms with Crippen LogP contribution in [-0.2, 0) is 13.5 Å². The second-order valence-electron chi connectivity index (χ2n) is 8.39. The molecule has 3 nitrogen and oxygen atoms in total. The van der Waals surface area contributed by atoms with Crippen molar-refractivity contribution in [3.05, 3.63) is 45.6 Å². The first-order chi connectivity index (χ1) is 12.1. The normalized spacial score (nSPS) is 11.8. The average molecular weight is 365 g/mol. The molecule has 0 amide bonds. The van der Waals surface area contributed by atoms with Gasteiger partial charge in [-0.1, -0.05) is 32.4 Å². The van der Waals surface area contributed by atoms with Crippen molar-refractivity contribution in [3.63, 3.8) is 0 Å². The van der Waals surface area contributed by atoms with Crippen LogP contribution in [0.5, 0.6) is 0 Å². The van der Waals surface area contributed by atoms with E-state index in [0.29, 0.717) is 5.56 Å². The second kappa shape index (κ2) is 6.48. The third-order valence-electron chi connectivity index (χ3n) is 4.69. The van der Waals surface area contributed by atoms with Gasteiger partial charge in [-0.25, -0.2) is 4.98 Å². The Hall–Kier alpha value is -2.25. The van der Waals surface area contributed by atoms with Crippen LogP contribution in [0.2, 0.25) is 0 Å². The third kappa shape index (κ3) is 3.37. The molecule has 2 heterocycles. The van der Waals surface area contributed by atoms with E-state index in [2.05, 4.69) is 64.3 Å². The molecule has 2 aromatic heterocycles. The Bertz CT molecular complexity index is 1050. The number of hydrogen-bond donors (Lipinski definition) is 0. The molecule has 3 aromatic rings. The van der Waals surface area contributed by atoms with Crippen molar-refractivity contribution in [3.8, 4) is 17.3 Å². The number of nitrogens with zero attached hydrogens (tertiary/aromatic N) is 3. The van der Waals surface area contributed by atoms with Crippen molar-refractivity contribution in [1.29, 1.82) is 5.26 Å². The van der Waals surface area contributed by atoms with Gasteiger partial charge < -0.3 is 0 Å². The number of hydrogen-bond acceptors (Lipinski definition) is 3. The topological polar surface area (TPSA) is 40.6 Å². The summed E-state index contributed by atoms with van der Waals surface area (Å²) in [6.45, 7) is 13.1. The molecule has 0 aliphatic carbocycles. The highest BCUT2D eigenvalue weighted by atomic mass is 32.1. The van der Waals surface area contributed by atoms with Gasteiger partial charge in [0.25, 0.3) is 0 Å². The molecule has 0 bridgehead atoms. The zero-order valence-corrected chi connectivity index (χ0v) is 17.5. The lowest BCUT2D eigenvalue weighted by Gasteiger charge is -2.15. The summed E-state index contributed by atoms with van der Waals surface area (Å²) in [5.74, 6) is 0. The van der Waals surface area contributed by atoms with E-state index in [1.807, 2.05) is 13.2 Å². The fourth-order valence-electron chi connectivity index (χ4n) is 3.40. The molecule has 4 heteroatoms. The van der Waals surface area contributed by atoms with Crippen LogP contribution >= 0.6 is 11.3 Å². The maximum atomic E-state index is 9.61. The molecular formula is C22H26N3S+. The Morgan fingerprint density at radius 1 is 1.19 bits per heavy atom. The Kier molecular flexibility index (Phi) is 4.62. The highest BCUT2D eigenvalue weighted by Gasteiger charge is 2.25. The summed E-state index contributed by atoms with van der Waals surface area (Å²) < 4.78 is 3.19. The summed E-state index contributed by atoms with van der Waals surface area (Å²) in [6, 6.07) is 6.79. The molecule has 0 radical (unpaired) electrons. The molecule has 0 spiro atoms. The van der Waals surface area contributed by atoms with E-state index in [1.54, 1.807) is 11.3 Å². The summed E-state index contributed by atoms with van der Waals surface area (Å²) in [5.41, 5.74) is 7.85. The molecule has 0 N–H and O–H groups in total. The van der Waals surface area contributed by atoms with Gasteiger partial charge in [0, 0.05) is 6.42 Å². The third-order valence-corrected chi connectivity index (χ3v) is 5.75. The van der Waals surface area contributed by atoms with Gasteiger partial charge >= 0.3 is 0 Å². The van der Waals surface area contributed by atoms with Gasteiger partial charge in [0.05, 0.1) is 10.6 Å². The Morgan fingerprint density at radius 3 is 2.50 bits per heavy atom. The van der Waals surface area contributed by atoms with Gasteiger partial charge in [0.2, 0.25) is 5.69 Å². The molecular weight excluding hydrogens is 338 g/mol. The maximum Gasteiger partial charge on any atom is 0.232 e. The van der Waals surface area contributed by atoms with E-state index in [-0.39, 0.29) is 5.41 Å². The van der Waals surface area contributed by atoms with Gasteiger partial charge in [-0.3, -0.25) is 0 Å². The van der Waals surface area contributed by atoms with Crippen molar-refractivity contribution in [2.24, 2.45) is 12.5 Å². The quantitative estimate of drug-likeness (QED) is 0.588. The lowest BCUT2D eigenvalue weighted by atomic mass is 9.93. The van der Waals surface area contributed by atoms with Crippen LogP contribution in [0.3, 0.4) is 0 Å². The van der Waals surface area contributed by atoms with E-state index < -0.39 is 0 Å². The van der Waals surface area contributed by atoms with E-state index >= 15 is 0 Å². The molecule has 0 aliphatic rings. The van der Waals surface area contributed by atoms with E-state index in [4.69, 9.17) is 4.98 Å². The van der Waals surface area contributed by atoms with Gasteiger partial charge in [-0.2, -0.15) is 9.83 Å². The first kappa shape index (κ1) is 18.5. The SMILES string of the molecule is Cc1cc(C)c(C)c(-c2c3sc(CC(C)(C)C)nc3c(C#N)c[n+]2C)c1. The first-order valence-electron chi connectivity index (χ1n) is 8.91. The zero-order chi connectivity index (χ0) is 19.2. The number of pyridine rings is 1. The molecule has 0 unspecified atom stereocenters. The summed E-state index contributed by atoms with van der Waals surface area (Å²) in [4.78, 5) is 4.85.